The molecule has 0 aromatic carbocycles. The zero-order chi connectivity index (χ0) is 14.0. The number of hydrogen-bond acceptors (Lipinski definition) is 4. The lowest BCUT2D eigenvalue weighted by molar-refractivity contribution is 0.0693. The molecule has 104 valence electrons. The maximum Gasteiger partial charge on any atom is 0.272 e. The standard InChI is InChI=1S/C13H18ClN3O2/c1-16(2)7-10-6-11(18)8-17(10)13(19)12-5-9(14)3-4-15-12/h3-5,10-11,18H,6-8H2,1-2H3. The number of β-amino-alcohol motifs (C(OH)–C–C–N with tert-alkyl or cyclic N) is 1. The summed E-state index contributed by atoms with van der Waals surface area (Å²) in [5, 5.41) is 10.3. The van der Waals surface area contributed by atoms with Crippen molar-refractivity contribution in [2.75, 3.05) is 27.2 Å². The second-order valence-corrected chi connectivity index (χ2v) is 5.56. The van der Waals surface area contributed by atoms with Gasteiger partial charge in [0.25, 0.3) is 5.91 Å². The predicted octanol–water partition coefficient (Wildman–Crippen LogP) is 0.872. The van der Waals surface area contributed by atoms with Gasteiger partial charge in [-0.05, 0) is 32.6 Å². The van der Waals surface area contributed by atoms with Gasteiger partial charge in [-0.15, -0.1) is 0 Å². The summed E-state index contributed by atoms with van der Waals surface area (Å²) in [6.07, 6.45) is 1.65. The number of nitrogens with zero attached hydrogens (tertiary/aromatic N) is 3. The summed E-state index contributed by atoms with van der Waals surface area (Å²) in [5.74, 6) is -0.175. The zero-order valence-electron chi connectivity index (χ0n) is 11.1. The topological polar surface area (TPSA) is 56.7 Å². The molecule has 1 amide bonds. The molecule has 19 heavy (non-hydrogen) atoms. The van der Waals surface area contributed by atoms with E-state index in [9.17, 15) is 9.90 Å². The van der Waals surface area contributed by atoms with Crippen LogP contribution in [0, 0.1) is 0 Å². The predicted molar refractivity (Wildman–Crippen MR) is 73.2 cm³/mol. The Hall–Kier alpha value is -1.17. The van der Waals surface area contributed by atoms with Crippen molar-refractivity contribution >= 4 is 17.5 Å². The van der Waals surface area contributed by atoms with Crippen LogP contribution < -0.4 is 0 Å². The maximum absolute atomic E-state index is 12.4. The van der Waals surface area contributed by atoms with E-state index in [1.165, 1.54) is 6.20 Å². The molecule has 1 aliphatic rings. The largest absolute Gasteiger partial charge is 0.391 e. The van der Waals surface area contributed by atoms with E-state index >= 15 is 0 Å². The van der Waals surface area contributed by atoms with Gasteiger partial charge in [0.15, 0.2) is 0 Å². The van der Waals surface area contributed by atoms with Crippen molar-refractivity contribution in [1.29, 1.82) is 0 Å². The van der Waals surface area contributed by atoms with E-state index in [0.29, 0.717) is 23.7 Å². The third-order valence-corrected chi connectivity index (χ3v) is 3.41. The second kappa shape index (κ2) is 5.86. The van der Waals surface area contributed by atoms with Crippen LogP contribution in [0.25, 0.3) is 0 Å². The molecule has 2 atom stereocenters. The van der Waals surface area contributed by atoms with Crippen molar-refractivity contribution in [3.05, 3.63) is 29.0 Å². The SMILES string of the molecule is CN(C)CC1CC(O)CN1C(=O)c1cc(Cl)ccn1. The zero-order valence-corrected chi connectivity index (χ0v) is 11.8. The van der Waals surface area contributed by atoms with Gasteiger partial charge in [-0.3, -0.25) is 9.78 Å². The Bertz CT molecular complexity index is 467. The Balaban J connectivity index is 2.17. The van der Waals surface area contributed by atoms with Gasteiger partial charge in [0.1, 0.15) is 5.69 Å². The molecule has 1 aromatic heterocycles. The summed E-state index contributed by atoms with van der Waals surface area (Å²) in [7, 11) is 3.90. The maximum atomic E-state index is 12.4. The van der Waals surface area contributed by atoms with Gasteiger partial charge in [-0.25, -0.2) is 0 Å². The van der Waals surface area contributed by atoms with Crippen molar-refractivity contribution in [1.82, 2.24) is 14.8 Å². The fourth-order valence-corrected chi connectivity index (χ4v) is 2.56. The normalized spacial score (nSPS) is 23.1. The number of halogens is 1. The Morgan fingerprint density at radius 3 is 3.00 bits per heavy atom. The number of carbonyl (C=O) groups is 1. The fraction of sp³-hybridized carbons (Fsp3) is 0.538. The number of carbonyl (C=O) groups excluding carboxylic acids is 1. The highest BCUT2D eigenvalue weighted by Gasteiger charge is 2.35. The van der Waals surface area contributed by atoms with Crippen molar-refractivity contribution in [3.8, 4) is 0 Å². The number of hydrogen-bond donors (Lipinski definition) is 1. The molecular weight excluding hydrogens is 266 g/mol. The first kappa shape index (κ1) is 14.2. The van der Waals surface area contributed by atoms with E-state index in [2.05, 4.69) is 4.98 Å². The highest BCUT2D eigenvalue weighted by molar-refractivity contribution is 6.30. The summed E-state index contributed by atoms with van der Waals surface area (Å²) in [6.45, 7) is 1.08. The molecule has 2 heterocycles. The monoisotopic (exact) mass is 283 g/mol. The first-order valence-electron chi connectivity index (χ1n) is 6.22. The summed E-state index contributed by atoms with van der Waals surface area (Å²) >= 11 is 5.88. The van der Waals surface area contributed by atoms with Gasteiger partial charge in [-0.2, -0.15) is 0 Å². The quantitative estimate of drug-likeness (QED) is 0.894. The molecule has 1 fully saturated rings. The number of likely N-dealkylation sites (tertiary alicyclic amines) is 1. The van der Waals surface area contributed by atoms with Gasteiger partial charge in [0, 0.05) is 30.4 Å². The van der Waals surface area contributed by atoms with E-state index in [1.54, 1.807) is 17.0 Å². The smallest absolute Gasteiger partial charge is 0.272 e. The van der Waals surface area contributed by atoms with Gasteiger partial charge < -0.3 is 14.9 Å². The molecule has 0 spiro atoms. The van der Waals surface area contributed by atoms with E-state index in [-0.39, 0.29) is 11.9 Å². The van der Waals surface area contributed by atoms with Crippen LogP contribution >= 0.6 is 11.6 Å². The van der Waals surface area contributed by atoms with Gasteiger partial charge in [0.2, 0.25) is 0 Å². The highest BCUT2D eigenvalue weighted by Crippen LogP contribution is 2.21. The Morgan fingerprint density at radius 1 is 1.63 bits per heavy atom. The number of aliphatic hydroxyl groups excluding tert-OH is 1. The lowest BCUT2D eigenvalue weighted by Crippen LogP contribution is -2.41. The van der Waals surface area contributed by atoms with Gasteiger partial charge in [0.05, 0.1) is 6.10 Å². The minimum atomic E-state index is -0.465. The average Bonchev–Trinajstić information content (AvgIpc) is 2.68. The fourth-order valence-electron chi connectivity index (χ4n) is 2.40. The minimum Gasteiger partial charge on any atom is -0.391 e. The summed E-state index contributed by atoms with van der Waals surface area (Å²) in [6, 6.07) is 3.20. The molecule has 2 rings (SSSR count). The molecule has 1 aliphatic heterocycles. The van der Waals surface area contributed by atoms with Crippen LogP contribution in [-0.4, -0.2) is 65.1 Å². The van der Waals surface area contributed by atoms with Crippen molar-refractivity contribution in [3.63, 3.8) is 0 Å². The third kappa shape index (κ3) is 3.43. The van der Waals surface area contributed by atoms with Gasteiger partial charge in [-0.1, -0.05) is 11.6 Å². The summed E-state index contributed by atoms with van der Waals surface area (Å²) < 4.78 is 0. The van der Waals surface area contributed by atoms with Crippen LogP contribution in [0.1, 0.15) is 16.9 Å². The summed E-state index contributed by atoms with van der Waals surface area (Å²) in [4.78, 5) is 20.2. The number of amides is 1. The Morgan fingerprint density at radius 2 is 2.37 bits per heavy atom. The third-order valence-electron chi connectivity index (χ3n) is 3.17. The van der Waals surface area contributed by atoms with Crippen molar-refractivity contribution in [2.24, 2.45) is 0 Å². The molecule has 0 radical (unpaired) electrons. The average molecular weight is 284 g/mol. The number of aromatic nitrogens is 1. The minimum absolute atomic E-state index is 0.0123. The lowest BCUT2D eigenvalue weighted by Gasteiger charge is -2.26. The van der Waals surface area contributed by atoms with Crippen molar-refractivity contribution in [2.45, 2.75) is 18.6 Å². The molecule has 0 bridgehead atoms. The van der Waals surface area contributed by atoms with E-state index < -0.39 is 6.10 Å². The first-order valence-corrected chi connectivity index (χ1v) is 6.60. The highest BCUT2D eigenvalue weighted by atomic mass is 35.5. The van der Waals surface area contributed by atoms with Crippen LogP contribution in [0.4, 0.5) is 0 Å². The van der Waals surface area contributed by atoms with Crippen LogP contribution in [0.15, 0.2) is 18.3 Å². The number of rotatable bonds is 3. The molecule has 5 nitrogen and oxygen atoms in total. The summed E-state index contributed by atoms with van der Waals surface area (Å²) in [5.41, 5.74) is 0.324. The van der Waals surface area contributed by atoms with Crippen LogP contribution in [0.3, 0.4) is 0 Å². The Labute approximate surface area is 117 Å². The number of aliphatic hydroxyl groups is 1. The van der Waals surface area contributed by atoms with Crippen LogP contribution in [-0.2, 0) is 0 Å². The Kier molecular flexibility index (Phi) is 4.39. The van der Waals surface area contributed by atoms with Crippen molar-refractivity contribution < 1.29 is 9.90 Å². The molecule has 1 saturated heterocycles. The van der Waals surface area contributed by atoms with E-state index in [4.69, 9.17) is 11.6 Å². The lowest BCUT2D eigenvalue weighted by atomic mass is 10.2. The molecule has 0 aliphatic carbocycles. The second-order valence-electron chi connectivity index (χ2n) is 5.12. The molecule has 1 N–H and O–H groups in total. The van der Waals surface area contributed by atoms with E-state index in [1.807, 2.05) is 19.0 Å². The van der Waals surface area contributed by atoms with Crippen LogP contribution in [0.5, 0.6) is 0 Å². The van der Waals surface area contributed by atoms with Gasteiger partial charge >= 0.3 is 0 Å². The number of likely N-dealkylation sites (N-methyl/N-ethyl adjacent to an activating group) is 1. The van der Waals surface area contributed by atoms with E-state index in [0.717, 1.165) is 6.54 Å². The van der Waals surface area contributed by atoms with Crippen LogP contribution in [0.2, 0.25) is 5.02 Å². The molecule has 6 heteroatoms. The molecule has 1 aromatic rings. The number of pyridine rings is 1. The molecular formula is C13H18ClN3O2. The molecule has 0 saturated carbocycles. The first-order chi connectivity index (χ1) is 8.97. The molecule has 2 unspecified atom stereocenters.